The van der Waals surface area contributed by atoms with Crippen molar-refractivity contribution in [1.82, 2.24) is 9.55 Å². The number of aliphatic carboxylic acids is 1. The van der Waals surface area contributed by atoms with Crippen LogP contribution in [-0.2, 0) is 17.8 Å². The highest BCUT2D eigenvalue weighted by atomic mass is 79.9. The van der Waals surface area contributed by atoms with Crippen molar-refractivity contribution in [2.75, 3.05) is 0 Å². The first-order chi connectivity index (χ1) is 7.08. The Balaban J connectivity index is 2.19. The molecule has 82 valence electrons. The highest BCUT2D eigenvalue weighted by molar-refractivity contribution is 9.10. The van der Waals surface area contributed by atoms with Gasteiger partial charge in [0.05, 0.1) is 5.69 Å². The Morgan fingerprint density at radius 3 is 3.13 bits per heavy atom. The fourth-order valence-electron chi connectivity index (χ4n) is 2.18. The van der Waals surface area contributed by atoms with E-state index in [0.717, 1.165) is 29.8 Å². The monoisotopic (exact) mass is 272 g/mol. The zero-order valence-electron chi connectivity index (χ0n) is 8.53. The molecule has 1 aromatic heterocycles. The van der Waals surface area contributed by atoms with Crippen LogP contribution in [0.15, 0.2) is 4.73 Å². The third-order valence-electron chi connectivity index (χ3n) is 2.92. The topological polar surface area (TPSA) is 55.1 Å². The van der Waals surface area contributed by atoms with Crippen molar-refractivity contribution >= 4 is 21.9 Å². The van der Waals surface area contributed by atoms with Gasteiger partial charge >= 0.3 is 5.97 Å². The summed E-state index contributed by atoms with van der Waals surface area (Å²) in [6.45, 7) is 2.76. The smallest absolute Gasteiger partial charge is 0.303 e. The Bertz CT molecular complexity index is 400. The molecule has 0 aliphatic carbocycles. The van der Waals surface area contributed by atoms with Gasteiger partial charge in [-0.25, -0.2) is 4.98 Å². The van der Waals surface area contributed by atoms with Gasteiger partial charge in [0.1, 0.15) is 0 Å². The number of imidazole rings is 1. The van der Waals surface area contributed by atoms with Crippen molar-refractivity contribution in [3.05, 3.63) is 16.1 Å². The molecule has 0 aromatic carbocycles. The van der Waals surface area contributed by atoms with Crippen molar-refractivity contribution < 1.29 is 9.90 Å². The van der Waals surface area contributed by atoms with Gasteiger partial charge in [-0.15, -0.1) is 0 Å². The number of fused-ring (bicyclic) bond motifs is 1. The van der Waals surface area contributed by atoms with Gasteiger partial charge in [0, 0.05) is 18.7 Å². The third-order valence-corrected chi connectivity index (χ3v) is 3.53. The zero-order valence-corrected chi connectivity index (χ0v) is 10.1. The molecule has 0 spiro atoms. The summed E-state index contributed by atoms with van der Waals surface area (Å²) in [7, 11) is 0. The summed E-state index contributed by atoms with van der Waals surface area (Å²) in [6, 6.07) is 0. The summed E-state index contributed by atoms with van der Waals surface area (Å²) in [5.74, 6) is -0.476. The Kier molecular flexibility index (Phi) is 2.82. The molecule has 0 radical (unpaired) electrons. The lowest BCUT2D eigenvalue weighted by atomic mass is 9.94. The van der Waals surface area contributed by atoms with Gasteiger partial charge in [0.15, 0.2) is 4.73 Å². The van der Waals surface area contributed by atoms with Crippen molar-refractivity contribution in [3.8, 4) is 0 Å². The molecule has 1 unspecified atom stereocenters. The molecule has 4 nitrogen and oxygen atoms in total. The molecule has 0 saturated heterocycles. The summed E-state index contributed by atoms with van der Waals surface area (Å²) >= 11 is 3.40. The number of carboxylic acids is 1. The van der Waals surface area contributed by atoms with Crippen LogP contribution in [-0.4, -0.2) is 20.6 Å². The Morgan fingerprint density at radius 2 is 2.47 bits per heavy atom. The number of carboxylic acid groups (broad SMARTS) is 1. The van der Waals surface area contributed by atoms with Crippen molar-refractivity contribution in [2.24, 2.45) is 5.92 Å². The second-order valence-corrected chi connectivity index (χ2v) is 4.74. The Labute approximate surface area is 96.4 Å². The van der Waals surface area contributed by atoms with E-state index in [1.807, 2.05) is 6.92 Å². The molecule has 2 heterocycles. The van der Waals surface area contributed by atoms with Crippen LogP contribution in [0.2, 0.25) is 0 Å². The van der Waals surface area contributed by atoms with Crippen molar-refractivity contribution in [3.63, 3.8) is 0 Å². The van der Waals surface area contributed by atoms with Gasteiger partial charge in [0.25, 0.3) is 0 Å². The predicted octanol–water partition coefficient (Wildman–Crippen LogP) is 1.99. The summed E-state index contributed by atoms with van der Waals surface area (Å²) < 4.78 is 2.91. The summed E-state index contributed by atoms with van der Waals surface area (Å²) in [5, 5.41) is 8.75. The van der Waals surface area contributed by atoms with Crippen LogP contribution in [0.4, 0.5) is 0 Å². The standard InChI is InChI=1S/C10H13BrN2O2/c1-6-8-3-2-7(4-9(14)15)5-13(8)10(11)12-6/h7H,2-5H2,1H3,(H,14,15). The van der Waals surface area contributed by atoms with E-state index >= 15 is 0 Å². The van der Waals surface area contributed by atoms with E-state index in [1.165, 1.54) is 5.69 Å². The number of aryl methyl sites for hydroxylation is 1. The minimum atomic E-state index is -0.712. The van der Waals surface area contributed by atoms with Crippen LogP contribution in [0.3, 0.4) is 0 Å². The number of hydrogen-bond donors (Lipinski definition) is 1. The maximum Gasteiger partial charge on any atom is 0.303 e. The molecule has 1 atom stereocenters. The molecule has 1 aliphatic heterocycles. The first-order valence-electron chi connectivity index (χ1n) is 5.01. The summed E-state index contributed by atoms with van der Waals surface area (Å²) in [4.78, 5) is 15.0. The van der Waals surface area contributed by atoms with E-state index in [9.17, 15) is 4.79 Å². The van der Waals surface area contributed by atoms with Gasteiger partial charge in [-0.3, -0.25) is 4.79 Å². The molecule has 1 aromatic rings. The molecular weight excluding hydrogens is 260 g/mol. The van der Waals surface area contributed by atoms with Gasteiger partial charge < -0.3 is 9.67 Å². The first kappa shape index (κ1) is 10.7. The van der Waals surface area contributed by atoms with Gasteiger partial charge in [0.2, 0.25) is 0 Å². The van der Waals surface area contributed by atoms with Crippen molar-refractivity contribution in [2.45, 2.75) is 32.7 Å². The average Bonchev–Trinajstić information content (AvgIpc) is 2.41. The lowest BCUT2D eigenvalue weighted by molar-refractivity contribution is -0.138. The minimum Gasteiger partial charge on any atom is -0.481 e. The fourth-order valence-corrected chi connectivity index (χ4v) is 2.80. The van der Waals surface area contributed by atoms with E-state index in [1.54, 1.807) is 0 Å². The molecule has 0 amide bonds. The minimum absolute atomic E-state index is 0.236. The third kappa shape index (κ3) is 2.07. The fraction of sp³-hybridized carbons (Fsp3) is 0.600. The number of aromatic nitrogens is 2. The molecule has 2 rings (SSSR count). The summed E-state index contributed by atoms with van der Waals surface area (Å²) in [6.07, 6.45) is 2.14. The van der Waals surface area contributed by atoms with E-state index < -0.39 is 5.97 Å². The first-order valence-corrected chi connectivity index (χ1v) is 5.80. The van der Waals surface area contributed by atoms with Gasteiger partial charge in [-0.1, -0.05) is 0 Å². The average molecular weight is 273 g/mol. The van der Waals surface area contributed by atoms with Crippen LogP contribution in [0.5, 0.6) is 0 Å². The van der Waals surface area contributed by atoms with Crippen molar-refractivity contribution in [1.29, 1.82) is 0 Å². The molecular formula is C10H13BrN2O2. The number of nitrogens with zero attached hydrogens (tertiary/aromatic N) is 2. The normalized spacial score (nSPS) is 20.0. The predicted molar refractivity (Wildman–Crippen MR) is 58.7 cm³/mol. The Hall–Kier alpha value is -0.840. The maximum absolute atomic E-state index is 10.6. The lowest BCUT2D eigenvalue weighted by Crippen LogP contribution is -2.22. The molecule has 0 bridgehead atoms. The van der Waals surface area contributed by atoms with Crippen LogP contribution in [0.25, 0.3) is 0 Å². The SMILES string of the molecule is Cc1nc(Br)n2c1CCC(CC(=O)O)C2. The number of carbonyl (C=O) groups is 1. The summed E-state index contributed by atoms with van der Waals surface area (Å²) in [5.41, 5.74) is 2.29. The Morgan fingerprint density at radius 1 is 1.73 bits per heavy atom. The van der Waals surface area contributed by atoms with Crippen LogP contribution in [0, 0.1) is 12.8 Å². The largest absolute Gasteiger partial charge is 0.481 e. The second-order valence-electron chi connectivity index (χ2n) is 4.03. The molecule has 0 fully saturated rings. The lowest BCUT2D eigenvalue weighted by Gasteiger charge is -2.23. The second kappa shape index (κ2) is 3.96. The highest BCUT2D eigenvalue weighted by Gasteiger charge is 2.24. The zero-order chi connectivity index (χ0) is 11.0. The highest BCUT2D eigenvalue weighted by Crippen LogP contribution is 2.28. The van der Waals surface area contributed by atoms with Crippen LogP contribution in [0.1, 0.15) is 24.2 Å². The van der Waals surface area contributed by atoms with Crippen LogP contribution >= 0.6 is 15.9 Å². The quantitative estimate of drug-likeness (QED) is 0.896. The van der Waals surface area contributed by atoms with E-state index in [0.29, 0.717) is 0 Å². The van der Waals surface area contributed by atoms with E-state index in [4.69, 9.17) is 5.11 Å². The number of rotatable bonds is 2. The van der Waals surface area contributed by atoms with E-state index in [-0.39, 0.29) is 12.3 Å². The number of halogens is 1. The molecule has 5 heteroatoms. The van der Waals surface area contributed by atoms with Gasteiger partial charge in [-0.05, 0) is 41.6 Å². The molecule has 1 N–H and O–H groups in total. The maximum atomic E-state index is 10.6. The molecule has 0 saturated carbocycles. The van der Waals surface area contributed by atoms with E-state index in [2.05, 4.69) is 25.5 Å². The molecule has 1 aliphatic rings. The van der Waals surface area contributed by atoms with Crippen LogP contribution < -0.4 is 0 Å². The van der Waals surface area contributed by atoms with Gasteiger partial charge in [-0.2, -0.15) is 0 Å². The number of hydrogen-bond acceptors (Lipinski definition) is 2. The molecule has 15 heavy (non-hydrogen) atoms.